The molecule has 0 aliphatic carbocycles. The van der Waals surface area contributed by atoms with Crippen LogP contribution >= 0.6 is 0 Å². The number of benzene rings is 2. The molecular weight excluding hydrogens is 557 g/mol. The zero-order valence-electron chi connectivity index (χ0n) is 24.6. The second kappa shape index (κ2) is 12.1. The van der Waals surface area contributed by atoms with Crippen molar-refractivity contribution in [3.05, 3.63) is 83.8 Å². The van der Waals surface area contributed by atoms with Crippen molar-refractivity contribution >= 4 is 12.0 Å². The average Bonchev–Trinajstić information content (AvgIpc) is 3.42. The number of H-pyrrole nitrogens is 1. The maximum absolute atomic E-state index is 13.6. The molecule has 1 aliphatic rings. The summed E-state index contributed by atoms with van der Waals surface area (Å²) in [5.74, 6) is 0.984. The molecule has 2 aromatic heterocycles. The molecule has 0 saturated carbocycles. The number of nitrogens with one attached hydrogen (secondary N) is 2. The van der Waals surface area contributed by atoms with Crippen LogP contribution in [0, 0.1) is 0 Å². The fourth-order valence-electron chi connectivity index (χ4n) is 5.07. The molecule has 11 heteroatoms. The summed E-state index contributed by atoms with van der Waals surface area (Å²) in [4.78, 5) is 31.5. The van der Waals surface area contributed by atoms with E-state index in [0.29, 0.717) is 60.3 Å². The monoisotopic (exact) mass is 592 g/mol. The summed E-state index contributed by atoms with van der Waals surface area (Å²) in [6, 6.07) is 16.6. The third-order valence-electron chi connectivity index (χ3n) is 7.28. The minimum absolute atomic E-state index is 0.0329. The molecule has 1 fully saturated rings. The third kappa shape index (κ3) is 7.33. The fraction of sp³-hybridized carbons (Fsp3) is 0.375. The lowest BCUT2D eigenvalue weighted by Crippen LogP contribution is -2.41. The second-order valence-corrected chi connectivity index (χ2v) is 11.7. The lowest BCUT2D eigenvalue weighted by molar-refractivity contribution is -0.137. The molecule has 2 N–H and O–H groups in total. The van der Waals surface area contributed by atoms with E-state index in [-0.39, 0.29) is 18.1 Å². The van der Waals surface area contributed by atoms with E-state index in [1.54, 1.807) is 23.2 Å². The van der Waals surface area contributed by atoms with Crippen LogP contribution in [0.25, 0.3) is 22.6 Å². The number of imidazole rings is 1. The molecule has 0 bridgehead atoms. The Morgan fingerprint density at radius 1 is 1.02 bits per heavy atom. The first-order valence-electron chi connectivity index (χ1n) is 14.3. The Kier molecular flexibility index (Phi) is 8.43. The van der Waals surface area contributed by atoms with Gasteiger partial charge in [-0.3, -0.25) is 0 Å². The smallest absolute Gasteiger partial charge is 0.416 e. The number of hydrogen-bond acceptors (Lipinski definition) is 6. The van der Waals surface area contributed by atoms with Gasteiger partial charge in [0.2, 0.25) is 5.95 Å². The van der Waals surface area contributed by atoms with Crippen LogP contribution < -0.4 is 5.32 Å². The number of aromatic nitrogens is 4. The lowest BCUT2D eigenvalue weighted by atomic mass is 9.96. The number of anilines is 1. The number of ether oxygens (including phenoxy) is 1. The number of hydrogen-bond donors (Lipinski definition) is 2. The van der Waals surface area contributed by atoms with E-state index in [1.807, 2.05) is 58.0 Å². The number of aromatic amines is 1. The Balaban J connectivity index is 1.46. The molecule has 226 valence electrons. The van der Waals surface area contributed by atoms with Crippen LogP contribution in [-0.2, 0) is 10.9 Å². The van der Waals surface area contributed by atoms with Gasteiger partial charge in [0.25, 0.3) is 0 Å². The number of piperidine rings is 1. The molecule has 1 unspecified atom stereocenters. The van der Waals surface area contributed by atoms with Gasteiger partial charge in [0.05, 0.1) is 28.7 Å². The van der Waals surface area contributed by atoms with Gasteiger partial charge in [-0.05, 0) is 64.3 Å². The maximum atomic E-state index is 13.6. The Morgan fingerprint density at radius 2 is 1.74 bits per heavy atom. The first-order chi connectivity index (χ1) is 20.4. The molecule has 4 aromatic rings. The Morgan fingerprint density at radius 3 is 2.42 bits per heavy atom. The van der Waals surface area contributed by atoms with Gasteiger partial charge in [0.15, 0.2) is 0 Å². The zero-order chi connectivity index (χ0) is 30.8. The topological polar surface area (TPSA) is 96.0 Å². The third-order valence-corrected chi connectivity index (χ3v) is 7.28. The van der Waals surface area contributed by atoms with E-state index in [4.69, 9.17) is 14.7 Å². The quantitative estimate of drug-likeness (QED) is 0.237. The Labute approximate surface area is 248 Å². The minimum atomic E-state index is -4.50. The van der Waals surface area contributed by atoms with Crippen LogP contribution in [0.4, 0.5) is 23.9 Å². The highest BCUT2D eigenvalue weighted by molar-refractivity contribution is 5.77. The van der Waals surface area contributed by atoms with E-state index in [2.05, 4.69) is 15.3 Å². The predicted molar refractivity (Wildman–Crippen MR) is 158 cm³/mol. The summed E-state index contributed by atoms with van der Waals surface area (Å²) in [5, 5.41) is 3.30. The van der Waals surface area contributed by atoms with Crippen molar-refractivity contribution < 1.29 is 22.7 Å². The Bertz CT molecular complexity index is 1560. The first-order valence-corrected chi connectivity index (χ1v) is 14.3. The number of halogens is 3. The van der Waals surface area contributed by atoms with Crippen LogP contribution in [0.15, 0.2) is 66.9 Å². The standard InChI is InChI=1S/C32H35F3N6O2/c1-20(21-9-6-5-7-10-21)37-29-36-16-13-25(38-29)27-26(23-11-8-12-24(19-23)32(33,34)35)39-28(40-27)22-14-17-41(18-15-22)30(42)43-31(2,3)4/h5-13,16,19-20,22H,14-15,17-18H2,1-4H3,(H,39,40)(H,36,37,38). The second-order valence-electron chi connectivity index (χ2n) is 11.7. The lowest BCUT2D eigenvalue weighted by Gasteiger charge is -2.32. The van der Waals surface area contributed by atoms with Gasteiger partial charge in [-0.1, -0.05) is 42.5 Å². The molecule has 1 atom stereocenters. The van der Waals surface area contributed by atoms with Crippen molar-refractivity contribution in [2.45, 2.75) is 64.3 Å². The SMILES string of the molecule is CC(Nc1nccc(-c2[nH]c(C3CCN(C(=O)OC(C)(C)C)CC3)nc2-c2cccc(C(F)(F)F)c2)n1)c1ccccc1. The largest absolute Gasteiger partial charge is 0.444 e. The van der Waals surface area contributed by atoms with Crippen molar-refractivity contribution in [1.82, 2.24) is 24.8 Å². The maximum Gasteiger partial charge on any atom is 0.416 e. The molecule has 43 heavy (non-hydrogen) atoms. The minimum Gasteiger partial charge on any atom is -0.444 e. The van der Waals surface area contributed by atoms with Crippen LogP contribution in [0.2, 0.25) is 0 Å². The van der Waals surface area contributed by atoms with Crippen LogP contribution in [0.1, 0.15) is 69.4 Å². The van der Waals surface area contributed by atoms with Crippen molar-refractivity contribution in [1.29, 1.82) is 0 Å². The van der Waals surface area contributed by atoms with Gasteiger partial charge < -0.3 is 19.9 Å². The highest BCUT2D eigenvalue weighted by Gasteiger charge is 2.32. The van der Waals surface area contributed by atoms with Crippen molar-refractivity contribution in [2.75, 3.05) is 18.4 Å². The number of rotatable bonds is 6. The number of nitrogens with zero attached hydrogens (tertiary/aromatic N) is 4. The average molecular weight is 593 g/mol. The highest BCUT2D eigenvalue weighted by atomic mass is 19.4. The fourth-order valence-corrected chi connectivity index (χ4v) is 5.07. The van der Waals surface area contributed by atoms with Gasteiger partial charge >= 0.3 is 12.3 Å². The molecule has 2 aromatic carbocycles. The summed E-state index contributed by atoms with van der Waals surface area (Å²) < 4.78 is 46.4. The summed E-state index contributed by atoms with van der Waals surface area (Å²) in [6.07, 6.45) is -2.00. The number of amides is 1. The highest BCUT2D eigenvalue weighted by Crippen LogP contribution is 2.37. The molecule has 1 aliphatic heterocycles. The summed E-state index contributed by atoms with van der Waals surface area (Å²) >= 11 is 0. The summed E-state index contributed by atoms with van der Waals surface area (Å²) in [5.41, 5.74) is 1.40. The van der Waals surface area contributed by atoms with Crippen molar-refractivity contribution in [2.24, 2.45) is 0 Å². The van der Waals surface area contributed by atoms with Gasteiger partial charge in [-0.2, -0.15) is 13.2 Å². The molecule has 0 radical (unpaired) electrons. The van der Waals surface area contributed by atoms with Crippen LogP contribution in [-0.4, -0.2) is 49.6 Å². The number of carbonyl (C=O) groups is 1. The van der Waals surface area contributed by atoms with Crippen LogP contribution in [0.5, 0.6) is 0 Å². The van der Waals surface area contributed by atoms with E-state index < -0.39 is 17.3 Å². The predicted octanol–water partition coefficient (Wildman–Crippen LogP) is 7.84. The van der Waals surface area contributed by atoms with E-state index in [0.717, 1.165) is 17.7 Å². The molecule has 8 nitrogen and oxygen atoms in total. The van der Waals surface area contributed by atoms with Gasteiger partial charge in [-0.15, -0.1) is 0 Å². The molecular formula is C32H35F3N6O2. The molecule has 3 heterocycles. The Hall–Kier alpha value is -4.41. The van der Waals surface area contributed by atoms with Crippen molar-refractivity contribution in [3.63, 3.8) is 0 Å². The summed E-state index contributed by atoms with van der Waals surface area (Å²) in [7, 11) is 0. The van der Waals surface area contributed by atoms with Crippen molar-refractivity contribution in [3.8, 4) is 22.6 Å². The molecule has 5 rings (SSSR count). The molecule has 1 amide bonds. The van der Waals surface area contributed by atoms with E-state index in [1.165, 1.54) is 6.07 Å². The van der Waals surface area contributed by atoms with Gasteiger partial charge in [0, 0.05) is 30.8 Å². The molecule has 0 spiro atoms. The van der Waals surface area contributed by atoms with E-state index >= 15 is 0 Å². The summed E-state index contributed by atoms with van der Waals surface area (Å²) in [6.45, 7) is 8.44. The van der Waals surface area contributed by atoms with Gasteiger partial charge in [-0.25, -0.2) is 19.7 Å². The molecule has 1 saturated heterocycles. The number of likely N-dealkylation sites (tertiary alicyclic amines) is 1. The van der Waals surface area contributed by atoms with Gasteiger partial charge in [0.1, 0.15) is 11.4 Å². The number of carbonyl (C=O) groups excluding carboxylic acids is 1. The van der Waals surface area contributed by atoms with E-state index in [9.17, 15) is 18.0 Å². The van der Waals surface area contributed by atoms with Crippen LogP contribution in [0.3, 0.4) is 0 Å². The number of alkyl halides is 3. The zero-order valence-corrected chi connectivity index (χ0v) is 24.6. The normalized spacial score (nSPS) is 15.3. The first kappa shape index (κ1) is 30.1.